The van der Waals surface area contributed by atoms with E-state index in [9.17, 15) is 33.9 Å². The number of nitrogens with one attached hydrogen (secondary N) is 4. The van der Waals surface area contributed by atoms with E-state index < -0.39 is 6.10 Å². The number of Topliss-reactive ketones (excluding diaryl/α,β-unsaturated/α-hetero) is 2. The maximum atomic E-state index is 12.0. The maximum absolute atomic E-state index is 12.0. The molecule has 12 rings (SSSR count). The summed E-state index contributed by atoms with van der Waals surface area (Å²) in [7, 11) is 4.50. The molecule has 0 saturated heterocycles. The average Bonchev–Trinajstić information content (AvgIpc) is 0.837. The zero-order valence-electron chi connectivity index (χ0n) is 52.6. The number of aromatic amines is 4. The van der Waals surface area contributed by atoms with Gasteiger partial charge in [-0.1, -0.05) is 195 Å². The third-order valence-corrected chi connectivity index (χ3v) is 16.6. The molecule has 0 amide bonds. The largest absolute Gasteiger partial charge is 0.487 e. The number of alkyl halides is 3. The third kappa shape index (κ3) is 20.5. The van der Waals surface area contributed by atoms with E-state index >= 15 is 0 Å². The summed E-state index contributed by atoms with van der Waals surface area (Å²) in [5.74, 6) is 2.66. The number of hydrogen-bond donors (Lipinski definition) is 6. The van der Waals surface area contributed by atoms with Crippen LogP contribution in [0, 0.1) is 0 Å². The molecule has 486 valence electrons. The number of fused-ring (bicyclic) bond motifs is 4. The first-order chi connectivity index (χ1) is 46.2. The topological polar surface area (TPSA) is 223 Å². The number of pyridine rings is 4. The number of hydrogen-bond acceptors (Lipinski definition) is 12. The Balaban J connectivity index is 0.000000176. The molecule has 0 fully saturated rings. The van der Waals surface area contributed by atoms with E-state index in [1.807, 2.05) is 140 Å². The molecule has 95 heavy (non-hydrogen) atoms. The van der Waals surface area contributed by atoms with Crippen molar-refractivity contribution in [2.24, 2.45) is 0 Å². The highest BCUT2D eigenvalue weighted by molar-refractivity contribution is 9.09. The van der Waals surface area contributed by atoms with Crippen LogP contribution in [0.3, 0.4) is 0 Å². The van der Waals surface area contributed by atoms with Crippen LogP contribution in [0.5, 0.6) is 23.0 Å². The molecule has 0 spiro atoms. The number of ketones is 2. The van der Waals surface area contributed by atoms with Gasteiger partial charge in [0.25, 0.3) is 0 Å². The van der Waals surface area contributed by atoms with Crippen molar-refractivity contribution < 1.29 is 33.6 Å². The highest BCUT2D eigenvalue weighted by Gasteiger charge is 2.18. The second kappa shape index (κ2) is 37.7. The van der Waals surface area contributed by atoms with Crippen molar-refractivity contribution in [3.05, 3.63) is 304 Å². The first-order valence-corrected chi connectivity index (χ1v) is 34.2. The van der Waals surface area contributed by atoms with Crippen molar-refractivity contribution in [2.75, 3.05) is 22.2 Å². The van der Waals surface area contributed by atoms with Crippen molar-refractivity contribution in [1.29, 1.82) is 0 Å². The van der Waals surface area contributed by atoms with E-state index in [4.69, 9.17) is 18.9 Å². The smallest absolute Gasteiger partial charge is 0.248 e. The fourth-order valence-electron chi connectivity index (χ4n) is 9.88. The molecule has 0 aliphatic heterocycles. The van der Waals surface area contributed by atoms with Crippen LogP contribution in [-0.4, -0.2) is 66.7 Å². The SMILES string of the molecule is CC(=O)c1ccc(OCc2ccccc2)c2[nH]c(=O)ccc12.CS.C[C@@H](CBr)c1ccc(OCc2ccccc2)c2[nH]c(=O)ccc12.O=C(CBr)c1ccc(OCc2ccccc2)c2[nH]c(=O)ccc12.O=c1ccc2c([C@@H](O)CBr)ccc(OCc3ccccc3)c2[nH]1.[B]C. The minimum Gasteiger partial charge on any atom is -0.487 e. The van der Waals surface area contributed by atoms with Gasteiger partial charge in [-0.2, -0.15) is 12.6 Å². The molecule has 20 heteroatoms. The Morgan fingerprint density at radius 1 is 0.411 bits per heavy atom. The molecule has 4 heterocycles. The molecule has 8 aromatic carbocycles. The fraction of sp³-hybridized carbons (Fsp3) is 0.173. The number of halogens is 3. The van der Waals surface area contributed by atoms with Crippen molar-refractivity contribution in [3.63, 3.8) is 0 Å². The van der Waals surface area contributed by atoms with Crippen molar-refractivity contribution in [1.82, 2.24) is 19.9 Å². The zero-order chi connectivity index (χ0) is 68.2. The highest BCUT2D eigenvalue weighted by Crippen LogP contribution is 2.34. The van der Waals surface area contributed by atoms with Gasteiger partial charge in [0, 0.05) is 67.6 Å². The number of H-pyrrole nitrogens is 4. The Kier molecular flexibility index (Phi) is 29.1. The van der Waals surface area contributed by atoms with E-state index in [0.29, 0.717) is 99.1 Å². The Morgan fingerprint density at radius 2 is 0.705 bits per heavy atom. The maximum Gasteiger partial charge on any atom is 0.248 e. The summed E-state index contributed by atoms with van der Waals surface area (Å²) >= 11 is 13.5. The van der Waals surface area contributed by atoms with Crippen LogP contribution in [-0.2, 0) is 26.4 Å². The molecule has 0 bridgehead atoms. The number of thiol groups is 1. The second-order valence-corrected chi connectivity index (χ2v) is 22.8. The molecule has 0 saturated carbocycles. The average molecular weight is 1490 g/mol. The molecular weight excluding hydrogens is 1420 g/mol. The predicted molar refractivity (Wildman–Crippen MR) is 397 cm³/mol. The lowest BCUT2D eigenvalue weighted by Gasteiger charge is -2.15. The number of aromatic nitrogens is 4. The van der Waals surface area contributed by atoms with E-state index in [2.05, 4.69) is 101 Å². The number of carbonyl (C=O) groups excluding carboxylic acids is 2. The van der Waals surface area contributed by atoms with Gasteiger partial charge in [-0.05, 0) is 113 Å². The van der Waals surface area contributed by atoms with Crippen LogP contribution in [0.15, 0.2) is 238 Å². The summed E-state index contributed by atoms with van der Waals surface area (Å²) in [4.78, 5) is 81.6. The van der Waals surface area contributed by atoms with Gasteiger partial charge in [0.2, 0.25) is 22.2 Å². The summed E-state index contributed by atoms with van der Waals surface area (Å²) in [5.41, 5.74) is 8.95. The van der Waals surface area contributed by atoms with Gasteiger partial charge in [0.05, 0.1) is 41.3 Å². The first-order valence-electron chi connectivity index (χ1n) is 29.9. The number of aliphatic hydroxyl groups excluding tert-OH is 1. The van der Waals surface area contributed by atoms with Gasteiger partial charge >= 0.3 is 0 Å². The van der Waals surface area contributed by atoms with Crippen molar-refractivity contribution in [2.45, 2.75) is 59.1 Å². The van der Waals surface area contributed by atoms with Gasteiger partial charge in [-0.25, -0.2) is 0 Å². The molecule has 0 unspecified atom stereocenters. The zero-order valence-corrected chi connectivity index (χ0v) is 58.2. The summed E-state index contributed by atoms with van der Waals surface area (Å²) < 4.78 is 23.5. The minimum absolute atomic E-state index is 0.0448. The molecule has 2 atom stereocenters. The van der Waals surface area contributed by atoms with E-state index in [0.717, 1.165) is 49.4 Å². The molecule has 15 nitrogen and oxygen atoms in total. The molecule has 5 N–H and O–H groups in total. The number of ether oxygens (including phenoxy) is 4. The minimum atomic E-state index is -0.647. The number of aliphatic hydroxyl groups is 1. The lowest BCUT2D eigenvalue weighted by molar-refractivity contribution is 0.101. The Bertz CT molecular complexity index is 4570. The lowest BCUT2D eigenvalue weighted by atomic mass is 9.98. The third-order valence-electron chi connectivity index (χ3n) is 14.5. The Morgan fingerprint density at radius 3 is 1.03 bits per heavy atom. The number of carbonyl (C=O) groups is 2. The summed E-state index contributed by atoms with van der Waals surface area (Å²) in [6.45, 7) is 6.82. The summed E-state index contributed by atoms with van der Waals surface area (Å²) in [6, 6.07) is 66.6. The fourth-order valence-corrected chi connectivity index (χ4v) is 10.9. The van der Waals surface area contributed by atoms with Crippen LogP contribution in [0.1, 0.15) is 80.0 Å². The summed E-state index contributed by atoms with van der Waals surface area (Å²) in [6.07, 6.45) is 1.05. The molecule has 0 aliphatic carbocycles. The predicted octanol–water partition coefficient (Wildman–Crippen LogP) is 15.9. The lowest BCUT2D eigenvalue weighted by Crippen LogP contribution is -2.08. The monoisotopic (exact) mass is 1480 g/mol. The van der Waals surface area contributed by atoms with Crippen LogP contribution in [0.4, 0.5) is 0 Å². The Labute approximate surface area is 581 Å². The molecular formula is C75H70BBr3N4O11S. The highest BCUT2D eigenvalue weighted by atomic mass is 79.9. The second-order valence-electron chi connectivity index (χ2n) is 20.9. The van der Waals surface area contributed by atoms with Crippen LogP contribution >= 0.6 is 60.4 Å². The normalized spacial score (nSPS) is 11.1. The van der Waals surface area contributed by atoms with Crippen LogP contribution in [0.25, 0.3) is 43.6 Å². The van der Waals surface area contributed by atoms with Crippen LogP contribution in [0.2, 0.25) is 6.82 Å². The number of rotatable bonds is 19. The quantitative estimate of drug-likeness (QED) is 0.0193. The molecule has 0 aliphatic rings. The van der Waals surface area contributed by atoms with Gasteiger partial charge in [-0.15, -0.1) is 0 Å². The van der Waals surface area contributed by atoms with Crippen molar-refractivity contribution >= 4 is 123 Å². The van der Waals surface area contributed by atoms with E-state index in [1.165, 1.54) is 37.5 Å². The summed E-state index contributed by atoms with van der Waals surface area (Å²) in [5, 5.41) is 14.8. The molecule has 12 aromatic rings. The Hall–Kier alpha value is -9.05. The van der Waals surface area contributed by atoms with E-state index in [-0.39, 0.29) is 39.1 Å². The van der Waals surface area contributed by atoms with Crippen LogP contribution < -0.4 is 41.2 Å². The van der Waals surface area contributed by atoms with E-state index in [1.54, 1.807) is 60.9 Å². The van der Waals surface area contributed by atoms with Gasteiger partial charge in [0.1, 0.15) is 49.4 Å². The standard InChI is InChI=1S/C19H18BrNO2.C18H16BrNO3.C18H14BrNO3.C18H15NO3.CH3B.CH4S/c1-13(11-20)15-7-9-17(19-16(15)8-10-18(22)21-19)23-12-14-5-3-2-4-6-14;2*19-10-15(21)13-6-8-16(18-14(13)7-9-17(22)20-18)23-11-12-4-2-1-3-5-12;1-12(20)14-7-9-16(18-15(14)8-10-17(21)19-18)22-11-13-5-3-2-4-6-13;2*1-2/h2-10,13H,11-12H2,1H3,(H,21,22);1-9,15,21H,10-11H2,(H,20,22);1-9H,10-11H2,(H,20,22);2-10H,11H2,1H3,(H,19,21);1H3;2H,1H3/t13-;15-;;;;/m00..../s1. The molecule has 2 radical (unpaired) electrons. The van der Waals surface area contributed by atoms with Gasteiger partial charge in [0.15, 0.2) is 11.6 Å². The van der Waals surface area contributed by atoms with Gasteiger partial charge < -0.3 is 44.0 Å². The first kappa shape index (κ1) is 73.4. The van der Waals surface area contributed by atoms with Gasteiger partial charge in [-0.3, -0.25) is 28.8 Å². The number of benzene rings is 8. The van der Waals surface area contributed by atoms with Crippen molar-refractivity contribution in [3.8, 4) is 23.0 Å². The molecule has 4 aromatic heterocycles.